The van der Waals surface area contributed by atoms with E-state index in [1.807, 2.05) is 22.6 Å². The number of hydrogen-bond acceptors (Lipinski definition) is 9. The zero-order valence-corrected chi connectivity index (χ0v) is 26.5. The van der Waals surface area contributed by atoms with Crippen molar-refractivity contribution in [2.24, 2.45) is 4.99 Å². The third-order valence-corrected chi connectivity index (χ3v) is 7.83. The van der Waals surface area contributed by atoms with Gasteiger partial charge in [0, 0.05) is 14.2 Å². The maximum Gasteiger partial charge on any atom is 0.434 e. The lowest BCUT2D eigenvalue weighted by Crippen LogP contribution is -2.41. The van der Waals surface area contributed by atoms with Crippen LogP contribution in [0.1, 0.15) is 31.0 Å². The van der Waals surface area contributed by atoms with Crippen LogP contribution in [0.3, 0.4) is 0 Å². The molecule has 3 aromatic rings. The number of allylic oxidation sites excluding steroid dienone is 1. The lowest BCUT2D eigenvalue weighted by Gasteiger charge is -2.26. The number of aromatic nitrogens is 1. The molecule has 0 amide bonds. The summed E-state index contributed by atoms with van der Waals surface area (Å²) in [4.78, 5) is 42.3. The van der Waals surface area contributed by atoms with E-state index >= 15 is 0 Å². The Morgan fingerprint density at radius 2 is 1.81 bits per heavy atom. The van der Waals surface area contributed by atoms with Crippen LogP contribution in [0.5, 0.6) is 11.5 Å². The Hall–Kier alpha value is -3.37. The Labute approximate surface area is 265 Å². The van der Waals surface area contributed by atoms with Gasteiger partial charge in [0.2, 0.25) is 0 Å². The topological polar surface area (TPSA) is 105 Å². The highest BCUT2D eigenvalue weighted by atomic mass is 127. The van der Waals surface area contributed by atoms with Gasteiger partial charge >= 0.3 is 18.1 Å². The van der Waals surface area contributed by atoms with Crippen LogP contribution in [0.25, 0.3) is 6.08 Å². The first-order chi connectivity index (χ1) is 20.4. The van der Waals surface area contributed by atoms with Crippen molar-refractivity contribution in [3.63, 3.8) is 0 Å². The molecule has 43 heavy (non-hydrogen) atoms. The van der Waals surface area contributed by atoms with Gasteiger partial charge in [0.15, 0.2) is 28.6 Å². The second kappa shape index (κ2) is 13.5. The monoisotopic (exact) mass is 750 g/mol. The number of carbonyl (C=O) groups excluding carboxylic acids is 2. The Morgan fingerprint density at radius 1 is 1.14 bits per heavy atom. The van der Waals surface area contributed by atoms with Crippen molar-refractivity contribution in [3.8, 4) is 11.5 Å². The van der Waals surface area contributed by atoms with Crippen molar-refractivity contribution < 1.29 is 41.7 Å². The van der Waals surface area contributed by atoms with E-state index in [-0.39, 0.29) is 39.6 Å². The Bertz CT molecular complexity index is 1770. The highest BCUT2D eigenvalue weighted by molar-refractivity contribution is 14.1. The SMILES string of the molecule is CCOC(=O)COc1c(/C=c2\sc3n(c2=O)[C@H](c2ccc(Cl)cc2)C(C(=O)OCC)=C(C(F)(F)F)N=3)cc(I)cc1OC. The number of halogens is 5. The molecule has 9 nitrogen and oxygen atoms in total. The first kappa shape index (κ1) is 32.5. The average Bonchev–Trinajstić information content (AvgIpc) is 3.26. The molecule has 1 atom stereocenters. The highest BCUT2D eigenvalue weighted by Gasteiger charge is 2.45. The van der Waals surface area contributed by atoms with Gasteiger partial charge in [-0.05, 0) is 72.3 Å². The summed E-state index contributed by atoms with van der Waals surface area (Å²) in [5, 5.41) is 0.303. The molecular formula is C28H23ClF3IN2O7S. The number of rotatable bonds is 9. The van der Waals surface area contributed by atoms with E-state index in [1.165, 1.54) is 44.4 Å². The number of esters is 2. The van der Waals surface area contributed by atoms with Crippen molar-refractivity contribution in [2.45, 2.75) is 26.1 Å². The van der Waals surface area contributed by atoms with Crippen LogP contribution < -0.4 is 24.4 Å². The predicted molar refractivity (Wildman–Crippen MR) is 160 cm³/mol. The summed E-state index contributed by atoms with van der Waals surface area (Å²) in [6.45, 7) is 2.58. The van der Waals surface area contributed by atoms with Gasteiger partial charge in [0.25, 0.3) is 5.56 Å². The summed E-state index contributed by atoms with van der Waals surface area (Å²) >= 11 is 8.72. The molecular weight excluding hydrogens is 728 g/mol. The first-order valence-corrected chi connectivity index (χ1v) is 14.9. The number of carbonyl (C=O) groups is 2. The van der Waals surface area contributed by atoms with Crippen molar-refractivity contribution in [1.82, 2.24) is 4.57 Å². The summed E-state index contributed by atoms with van der Waals surface area (Å²) in [5.41, 5.74) is -2.52. The van der Waals surface area contributed by atoms with Crippen molar-refractivity contribution in [1.29, 1.82) is 0 Å². The minimum Gasteiger partial charge on any atom is -0.493 e. The van der Waals surface area contributed by atoms with E-state index in [9.17, 15) is 27.6 Å². The second-order valence-electron chi connectivity index (χ2n) is 8.73. The number of ether oxygens (including phenoxy) is 4. The van der Waals surface area contributed by atoms with Crippen LogP contribution in [0.4, 0.5) is 13.2 Å². The predicted octanol–water partition coefficient (Wildman–Crippen LogP) is 4.55. The van der Waals surface area contributed by atoms with Gasteiger partial charge in [-0.25, -0.2) is 14.6 Å². The van der Waals surface area contributed by atoms with Crippen molar-refractivity contribution >= 4 is 63.5 Å². The Balaban J connectivity index is 1.99. The molecule has 1 aromatic heterocycles. The molecule has 1 aliphatic rings. The van der Waals surface area contributed by atoms with Gasteiger partial charge in [-0.1, -0.05) is 35.1 Å². The molecule has 0 unspecified atom stereocenters. The Morgan fingerprint density at radius 3 is 2.42 bits per heavy atom. The molecule has 0 radical (unpaired) electrons. The third kappa shape index (κ3) is 7.07. The maximum atomic E-state index is 14.3. The molecule has 2 aromatic carbocycles. The molecule has 0 fully saturated rings. The van der Waals surface area contributed by atoms with E-state index in [0.29, 0.717) is 25.5 Å². The number of thiazole rings is 1. The van der Waals surface area contributed by atoms with Gasteiger partial charge in [-0.15, -0.1) is 0 Å². The molecule has 0 saturated heterocycles. The van der Waals surface area contributed by atoms with E-state index < -0.39 is 47.6 Å². The van der Waals surface area contributed by atoms with Gasteiger partial charge in [0.1, 0.15) is 0 Å². The quantitative estimate of drug-likeness (QED) is 0.234. The molecule has 1 aliphatic heterocycles. The second-order valence-corrected chi connectivity index (χ2v) is 11.4. The van der Waals surface area contributed by atoms with Crippen LogP contribution in [-0.4, -0.2) is 49.6 Å². The lowest BCUT2D eigenvalue weighted by atomic mass is 9.95. The number of benzene rings is 2. The fourth-order valence-electron chi connectivity index (χ4n) is 4.28. The van der Waals surface area contributed by atoms with Gasteiger partial charge in [0.05, 0.1) is 36.5 Å². The largest absolute Gasteiger partial charge is 0.493 e. The van der Waals surface area contributed by atoms with Crippen molar-refractivity contribution in [2.75, 3.05) is 26.9 Å². The third-order valence-electron chi connectivity index (χ3n) is 5.98. The zero-order valence-electron chi connectivity index (χ0n) is 22.8. The van der Waals surface area contributed by atoms with Crippen molar-refractivity contribution in [3.05, 3.63) is 87.1 Å². The number of nitrogens with zero attached hydrogens (tertiary/aromatic N) is 2. The average molecular weight is 751 g/mol. The minimum absolute atomic E-state index is 0.0191. The first-order valence-electron chi connectivity index (χ1n) is 12.6. The number of fused-ring (bicyclic) bond motifs is 1. The summed E-state index contributed by atoms with van der Waals surface area (Å²) in [5.74, 6) is -1.54. The number of methoxy groups -OCH3 is 1. The molecule has 0 bridgehead atoms. The van der Waals surface area contributed by atoms with Crippen LogP contribution in [0, 0.1) is 3.57 Å². The van der Waals surface area contributed by atoms with Gasteiger partial charge in [-0.2, -0.15) is 13.2 Å². The molecule has 0 spiro atoms. The zero-order chi connectivity index (χ0) is 31.5. The van der Waals surface area contributed by atoms with Crippen LogP contribution in [-0.2, 0) is 19.1 Å². The van der Waals surface area contributed by atoms with Crippen LogP contribution >= 0.6 is 45.5 Å². The summed E-state index contributed by atoms with van der Waals surface area (Å²) in [6.07, 6.45) is -3.64. The van der Waals surface area contributed by atoms with E-state index in [1.54, 1.807) is 19.1 Å². The number of hydrogen-bond donors (Lipinski definition) is 0. The summed E-state index contributed by atoms with van der Waals surface area (Å²) < 4.78 is 65.7. The molecule has 0 aliphatic carbocycles. The Kier molecular flexibility index (Phi) is 10.2. The number of alkyl halides is 3. The maximum absolute atomic E-state index is 14.3. The summed E-state index contributed by atoms with van der Waals surface area (Å²) in [6, 6.07) is 7.49. The van der Waals surface area contributed by atoms with E-state index in [4.69, 9.17) is 30.5 Å². The fraction of sp³-hybridized carbons (Fsp3) is 0.286. The highest BCUT2D eigenvalue weighted by Crippen LogP contribution is 2.39. The fourth-order valence-corrected chi connectivity index (χ4v) is 6.01. The van der Waals surface area contributed by atoms with E-state index in [0.717, 1.165) is 4.57 Å². The molecule has 2 heterocycles. The molecule has 0 N–H and O–H groups in total. The molecule has 15 heteroatoms. The molecule has 4 rings (SSSR count). The minimum atomic E-state index is -5.04. The smallest absolute Gasteiger partial charge is 0.434 e. The standard InChI is InChI=1S/C28H23ClF3IN2O7S/c1-4-40-20(36)13-42-23-15(10-17(33)12-18(23)39-3)11-19-25(37)35-22(14-6-8-16(29)9-7-14)21(26(38)41-5-2)24(28(30,31)32)34-27(35)43-19/h6-12,22H,4-5,13H2,1-3H3/b19-11-/t22-/m1/s1. The molecule has 228 valence electrons. The molecule has 0 saturated carbocycles. The van der Waals surface area contributed by atoms with Gasteiger partial charge in [-0.3, -0.25) is 9.36 Å². The normalized spacial score (nSPS) is 15.1. The van der Waals surface area contributed by atoms with Crippen LogP contribution in [0.2, 0.25) is 5.02 Å². The van der Waals surface area contributed by atoms with E-state index in [2.05, 4.69) is 4.99 Å². The van der Waals surface area contributed by atoms with Crippen LogP contribution in [0.15, 0.2) is 57.5 Å². The summed E-state index contributed by atoms with van der Waals surface area (Å²) in [7, 11) is 1.39. The lowest BCUT2D eigenvalue weighted by molar-refractivity contribution is -0.145. The van der Waals surface area contributed by atoms with Gasteiger partial charge < -0.3 is 18.9 Å².